The predicted octanol–water partition coefficient (Wildman–Crippen LogP) is 2.18. The summed E-state index contributed by atoms with van der Waals surface area (Å²) in [7, 11) is 0. The fourth-order valence-corrected chi connectivity index (χ4v) is 1.48. The van der Waals surface area contributed by atoms with Crippen molar-refractivity contribution in [2.45, 2.75) is 46.3 Å². The molecular formula is C13H29NO3. The van der Waals surface area contributed by atoms with E-state index in [4.69, 9.17) is 14.2 Å². The summed E-state index contributed by atoms with van der Waals surface area (Å²) in [6.45, 7) is 11.2. The number of ether oxygens (including phenoxy) is 3. The van der Waals surface area contributed by atoms with Crippen molar-refractivity contribution in [3.8, 4) is 0 Å². The van der Waals surface area contributed by atoms with E-state index in [2.05, 4.69) is 12.2 Å². The van der Waals surface area contributed by atoms with Gasteiger partial charge in [-0.3, -0.25) is 0 Å². The maximum absolute atomic E-state index is 5.46. The molecule has 0 saturated carbocycles. The summed E-state index contributed by atoms with van der Waals surface area (Å²) >= 11 is 0. The molecule has 0 spiro atoms. The summed E-state index contributed by atoms with van der Waals surface area (Å²) in [4.78, 5) is 0. The Morgan fingerprint density at radius 3 is 2.24 bits per heavy atom. The van der Waals surface area contributed by atoms with E-state index in [1.54, 1.807) is 0 Å². The molecule has 0 aromatic carbocycles. The Morgan fingerprint density at radius 1 is 0.941 bits per heavy atom. The first kappa shape index (κ1) is 16.8. The minimum Gasteiger partial charge on any atom is -0.381 e. The van der Waals surface area contributed by atoms with Crippen LogP contribution in [0.5, 0.6) is 0 Å². The minimum absolute atomic E-state index is 0.0613. The monoisotopic (exact) mass is 247 g/mol. The Kier molecular flexibility index (Phi) is 13.8. The van der Waals surface area contributed by atoms with Crippen molar-refractivity contribution in [2.75, 3.05) is 39.5 Å². The molecule has 104 valence electrons. The maximum atomic E-state index is 5.46. The fourth-order valence-electron chi connectivity index (χ4n) is 1.48. The average molecular weight is 247 g/mol. The fraction of sp³-hybridized carbons (Fsp3) is 1.00. The summed E-state index contributed by atoms with van der Waals surface area (Å²) in [5, 5.41) is 3.37. The molecule has 1 N–H and O–H groups in total. The second kappa shape index (κ2) is 13.9. The van der Waals surface area contributed by atoms with E-state index in [0.29, 0.717) is 13.2 Å². The summed E-state index contributed by atoms with van der Waals surface area (Å²) in [5.74, 6) is 0. The van der Waals surface area contributed by atoms with Crippen LogP contribution in [0.3, 0.4) is 0 Å². The Labute approximate surface area is 106 Å². The van der Waals surface area contributed by atoms with Crippen LogP contribution in [0.4, 0.5) is 0 Å². The largest absolute Gasteiger partial charge is 0.381 e. The molecule has 17 heavy (non-hydrogen) atoms. The van der Waals surface area contributed by atoms with E-state index < -0.39 is 0 Å². The number of hydrogen-bond donors (Lipinski definition) is 1. The third kappa shape index (κ3) is 12.1. The van der Waals surface area contributed by atoms with Gasteiger partial charge in [0.25, 0.3) is 0 Å². The van der Waals surface area contributed by atoms with Crippen molar-refractivity contribution in [3.63, 3.8) is 0 Å². The van der Waals surface area contributed by atoms with Crippen LogP contribution in [0, 0.1) is 0 Å². The molecule has 0 aliphatic rings. The van der Waals surface area contributed by atoms with E-state index in [-0.39, 0.29) is 6.29 Å². The van der Waals surface area contributed by atoms with Gasteiger partial charge < -0.3 is 19.5 Å². The van der Waals surface area contributed by atoms with E-state index in [1.165, 1.54) is 0 Å². The summed E-state index contributed by atoms with van der Waals surface area (Å²) in [6, 6.07) is 0. The van der Waals surface area contributed by atoms with Gasteiger partial charge in [-0.05, 0) is 39.8 Å². The molecule has 4 nitrogen and oxygen atoms in total. The van der Waals surface area contributed by atoms with Gasteiger partial charge in [0, 0.05) is 32.8 Å². The molecular weight excluding hydrogens is 218 g/mol. The zero-order valence-electron chi connectivity index (χ0n) is 11.7. The van der Waals surface area contributed by atoms with Crippen LogP contribution < -0.4 is 5.32 Å². The SMILES string of the molecule is CCCOCCCNCCC(OCC)OCC. The molecule has 0 bridgehead atoms. The van der Waals surface area contributed by atoms with Crippen molar-refractivity contribution < 1.29 is 14.2 Å². The number of nitrogens with one attached hydrogen (secondary N) is 1. The minimum atomic E-state index is -0.0613. The van der Waals surface area contributed by atoms with Crippen LogP contribution in [-0.2, 0) is 14.2 Å². The topological polar surface area (TPSA) is 39.7 Å². The van der Waals surface area contributed by atoms with Gasteiger partial charge in [-0.2, -0.15) is 0 Å². The van der Waals surface area contributed by atoms with Crippen LogP contribution in [-0.4, -0.2) is 45.8 Å². The number of rotatable bonds is 13. The molecule has 0 aromatic rings. The van der Waals surface area contributed by atoms with Crippen molar-refractivity contribution in [2.24, 2.45) is 0 Å². The zero-order chi connectivity index (χ0) is 12.8. The van der Waals surface area contributed by atoms with Gasteiger partial charge in [-0.15, -0.1) is 0 Å². The summed E-state index contributed by atoms with van der Waals surface area (Å²) < 4.78 is 16.3. The summed E-state index contributed by atoms with van der Waals surface area (Å²) in [5.41, 5.74) is 0. The second-order valence-corrected chi connectivity index (χ2v) is 3.84. The van der Waals surface area contributed by atoms with Crippen LogP contribution in [0.2, 0.25) is 0 Å². The third-order valence-corrected chi connectivity index (χ3v) is 2.25. The van der Waals surface area contributed by atoms with E-state index >= 15 is 0 Å². The van der Waals surface area contributed by atoms with Gasteiger partial charge in [0.1, 0.15) is 0 Å². The first-order chi connectivity index (χ1) is 8.35. The highest BCUT2D eigenvalue weighted by Crippen LogP contribution is 1.99. The maximum Gasteiger partial charge on any atom is 0.158 e. The Balaban J connectivity index is 3.23. The Hall–Kier alpha value is -0.160. The van der Waals surface area contributed by atoms with Gasteiger partial charge >= 0.3 is 0 Å². The number of hydrogen-bond acceptors (Lipinski definition) is 4. The van der Waals surface area contributed by atoms with Crippen LogP contribution in [0.25, 0.3) is 0 Å². The molecule has 0 rings (SSSR count). The molecule has 0 fully saturated rings. The van der Waals surface area contributed by atoms with Crippen molar-refractivity contribution in [3.05, 3.63) is 0 Å². The Morgan fingerprint density at radius 2 is 1.65 bits per heavy atom. The average Bonchev–Trinajstić information content (AvgIpc) is 2.33. The van der Waals surface area contributed by atoms with Gasteiger partial charge in [-0.1, -0.05) is 6.92 Å². The highest BCUT2D eigenvalue weighted by molar-refractivity contribution is 4.52. The third-order valence-electron chi connectivity index (χ3n) is 2.25. The van der Waals surface area contributed by atoms with Crippen molar-refractivity contribution in [1.82, 2.24) is 5.32 Å². The van der Waals surface area contributed by atoms with Crippen LogP contribution in [0.15, 0.2) is 0 Å². The van der Waals surface area contributed by atoms with Crippen molar-refractivity contribution >= 4 is 0 Å². The Bertz CT molecular complexity index is 139. The molecule has 0 heterocycles. The molecule has 0 amide bonds. The van der Waals surface area contributed by atoms with E-state index in [0.717, 1.165) is 45.6 Å². The molecule has 0 radical (unpaired) electrons. The van der Waals surface area contributed by atoms with E-state index in [1.807, 2.05) is 13.8 Å². The van der Waals surface area contributed by atoms with Gasteiger partial charge in [-0.25, -0.2) is 0 Å². The van der Waals surface area contributed by atoms with Crippen molar-refractivity contribution in [1.29, 1.82) is 0 Å². The van der Waals surface area contributed by atoms with Gasteiger partial charge in [0.2, 0.25) is 0 Å². The lowest BCUT2D eigenvalue weighted by Crippen LogP contribution is -2.25. The van der Waals surface area contributed by atoms with Crippen LogP contribution >= 0.6 is 0 Å². The summed E-state index contributed by atoms with van der Waals surface area (Å²) in [6.07, 6.45) is 3.00. The normalized spacial score (nSPS) is 11.3. The van der Waals surface area contributed by atoms with Gasteiger partial charge in [0.05, 0.1) is 0 Å². The highest BCUT2D eigenvalue weighted by atomic mass is 16.7. The second-order valence-electron chi connectivity index (χ2n) is 3.84. The molecule has 0 aromatic heterocycles. The first-order valence-electron chi connectivity index (χ1n) is 6.86. The lowest BCUT2D eigenvalue weighted by molar-refractivity contribution is -0.138. The highest BCUT2D eigenvalue weighted by Gasteiger charge is 2.06. The standard InChI is InChI=1S/C13H29NO3/c1-4-11-15-12-7-9-14-10-8-13(16-5-2)17-6-3/h13-14H,4-12H2,1-3H3. The lowest BCUT2D eigenvalue weighted by atomic mass is 10.4. The molecule has 0 aliphatic heterocycles. The molecule has 0 atom stereocenters. The molecule has 0 saturated heterocycles. The molecule has 4 heteroatoms. The van der Waals surface area contributed by atoms with Crippen LogP contribution in [0.1, 0.15) is 40.0 Å². The lowest BCUT2D eigenvalue weighted by Gasteiger charge is -2.16. The van der Waals surface area contributed by atoms with Gasteiger partial charge in [0.15, 0.2) is 6.29 Å². The quantitative estimate of drug-likeness (QED) is 0.400. The van der Waals surface area contributed by atoms with E-state index in [9.17, 15) is 0 Å². The zero-order valence-corrected chi connectivity index (χ0v) is 11.7. The smallest absolute Gasteiger partial charge is 0.158 e. The molecule has 0 aliphatic carbocycles. The molecule has 0 unspecified atom stereocenters. The predicted molar refractivity (Wildman–Crippen MR) is 70.3 cm³/mol. The first-order valence-corrected chi connectivity index (χ1v) is 6.86.